The molecule has 0 fully saturated rings. The number of hydrogen-bond donors (Lipinski definition) is 1. The number of pyridine rings is 1. The van der Waals surface area contributed by atoms with Crippen molar-refractivity contribution in [1.82, 2.24) is 9.55 Å². The molecule has 4 heteroatoms. The normalized spacial score (nSPS) is 11.2. The van der Waals surface area contributed by atoms with Crippen LogP contribution in [0.25, 0.3) is 10.9 Å². The van der Waals surface area contributed by atoms with Crippen molar-refractivity contribution in [3.05, 3.63) is 64.6 Å². The third-order valence-corrected chi connectivity index (χ3v) is 3.67. The number of rotatable bonds is 3. The van der Waals surface area contributed by atoms with Crippen LogP contribution in [-0.2, 0) is 13.1 Å². The maximum absolute atomic E-state index is 6.11. The summed E-state index contributed by atoms with van der Waals surface area (Å²) in [6.45, 7) is 3.34. The van der Waals surface area contributed by atoms with Crippen LogP contribution in [-0.4, -0.2) is 9.55 Å². The van der Waals surface area contributed by atoms with Crippen molar-refractivity contribution in [3.8, 4) is 0 Å². The largest absolute Gasteiger partial charge is 0.343 e. The van der Waals surface area contributed by atoms with E-state index in [1.54, 1.807) is 0 Å². The number of fused-ring (bicyclic) bond motifs is 1. The van der Waals surface area contributed by atoms with Gasteiger partial charge in [0.05, 0.1) is 5.52 Å². The second-order valence-corrected chi connectivity index (χ2v) is 5.45. The van der Waals surface area contributed by atoms with Crippen LogP contribution in [0.15, 0.2) is 42.9 Å². The fraction of sp³-hybridized carbons (Fsp3) is 0.188. The van der Waals surface area contributed by atoms with E-state index >= 15 is 0 Å². The van der Waals surface area contributed by atoms with E-state index in [0.29, 0.717) is 6.54 Å². The average molecular weight is 286 g/mol. The van der Waals surface area contributed by atoms with E-state index in [9.17, 15) is 0 Å². The number of halogens is 1. The molecule has 0 aliphatic carbocycles. The van der Waals surface area contributed by atoms with Crippen molar-refractivity contribution in [3.63, 3.8) is 0 Å². The maximum atomic E-state index is 6.11. The van der Waals surface area contributed by atoms with Crippen LogP contribution in [0.3, 0.4) is 0 Å². The van der Waals surface area contributed by atoms with Crippen LogP contribution < -0.4 is 5.73 Å². The lowest BCUT2D eigenvalue weighted by molar-refractivity contribution is 0.823. The fourth-order valence-electron chi connectivity index (χ4n) is 2.54. The number of nitrogens with zero attached hydrogens (tertiary/aromatic N) is 2. The summed E-state index contributed by atoms with van der Waals surface area (Å²) in [6, 6.07) is 8.07. The minimum absolute atomic E-state index is 0.525. The van der Waals surface area contributed by atoms with Gasteiger partial charge in [-0.2, -0.15) is 0 Å². The van der Waals surface area contributed by atoms with Gasteiger partial charge < -0.3 is 10.3 Å². The Labute approximate surface area is 123 Å². The highest BCUT2D eigenvalue weighted by Crippen LogP contribution is 2.25. The van der Waals surface area contributed by atoms with Crippen molar-refractivity contribution < 1.29 is 0 Å². The van der Waals surface area contributed by atoms with Crippen LogP contribution in [0, 0.1) is 6.92 Å². The van der Waals surface area contributed by atoms with E-state index in [0.717, 1.165) is 33.6 Å². The first-order valence-corrected chi connectivity index (χ1v) is 6.93. The molecule has 0 spiro atoms. The zero-order chi connectivity index (χ0) is 14.1. The minimum Gasteiger partial charge on any atom is -0.343 e. The predicted octanol–water partition coefficient (Wildman–Crippen LogP) is 3.51. The highest BCUT2D eigenvalue weighted by Gasteiger charge is 2.08. The topological polar surface area (TPSA) is 43.8 Å². The quantitative estimate of drug-likeness (QED) is 0.800. The van der Waals surface area contributed by atoms with Gasteiger partial charge in [-0.3, -0.25) is 4.98 Å². The molecule has 0 saturated carbocycles. The van der Waals surface area contributed by atoms with E-state index in [2.05, 4.69) is 21.8 Å². The molecular formula is C16H16ClN3. The second kappa shape index (κ2) is 5.27. The Morgan fingerprint density at radius 3 is 2.85 bits per heavy atom. The molecule has 3 rings (SSSR count). The molecule has 20 heavy (non-hydrogen) atoms. The molecule has 0 saturated heterocycles. The number of hydrogen-bond acceptors (Lipinski definition) is 2. The third-order valence-electron chi connectivity index (χ3n) is 3.43. The van der Waals surface area contributed by atoms with Gasteiger partial charge in [0.15, 0.2) is 0 Å². The molecule has 102 valence electrons. The molecule has 2 aromatic heterocycles. The molecule has 0 radical (unpaired) electrons. The first-order chi connectivity index (χ1) is 9.67. The Kier molecular flexibility index (Phi) is 3.47. The minimum atomic E-state index is 0.525. The Morgan fingerprint density at radius 2 is 2.10 bits per heavy atom. The molecule has 3 aromatic rings. The predicted molar refractivity (Wildman–Crippen MR) is 82.9 cm³/mol. The molecule has 0 bridgehead atoms. The summed E-state index contributed by atoms with van der Waals surface area (Å²) in [5, 5.41) is 1.90. The van der Waals surface area contributed by atoms with Gasteiger partial charge in [-0.25, -0.2) is 0 Å². The maximum Gasteiger partial charge on any atom is 0.0501 e. The fourth-order valence-corrected chi connectivity index (χ4v) is 2.70. The zero-order valence-electron chi connectivity index (χ0n) is 11.3. The lowest BCUT2D eigenvalue weighted by Crippen LogP contribution is -1.99. The first-order valence-electron chi connectivity index (χ1n) is 6.55. The van der Waals surface area contributed by atoms with Gasteiger partial charge in [-0.05, 0) is 35.7 Å². The van der Waals surface area contributed by atoms with Gasteiger partial charge >= 0.3 is 0 Å². The van der Waals surface area contributed by atoms with Gasteiger partial charge in [0.25, 0.3) is 0 Å². The van der Waals surface area contributed by atoms with Gasteiger partial charge in [0, 0.05) is 42.1 Å². The molecule has 2 N–H and O–H groups in total. The van der Waals surface area contributed by atoms with Gasteiger partial charge in [0.1, 0.15) is 0 Å². The molecule has 2 heterocycles. The molecule has 0 aliphatic rings. The van der Waals surface area contributed by atoms with Crippen molar-refractivity contribution in [2.24, 2.45) is 5.73 Å². The summed E-state index contributed by atoms with van der Waals surface area (Å²) in [4.78, 5) is 4.24. The molecule has 1 aromatic carbocycles. The SMILES string of the molecule is Cc1cncc(Cn2cc(CN)c3ccc(Cl)cc32)c1. The van der Waals surface area contributed by atoms with Crippen LogP contribution in [0.2, 0.25) is 5.02 Å². The second-order valence-electron chi connectivity index (χ2n) is 5.02. The number of aromatic nitrogens is 2. The number of nitrogens with two attached hydrogens (primary N) is 1. The highest BCUT2D eigenvalue weighted by molar-refractivity contribution is 6.31. The third kappa shape index (κ3) is 2.42. The van der Waals surface area contributed by atoms with Gasteiger partial charge in [0.2, 0.25) is 0 Å². The Balaban J connectivity index is 2.09. The number of benzene rings is 1. The van der Waals surface area contributed by atoms with Crippen LogP contribution in [0.5, 0.6) is 0 Å². The van der Waals surface area contributed by atoms with Crippen molar-refractivity contribution >= 4 is 22.5 Å². The molecule has 0 unspecified atom stereocenters. The standard InChI is InChI=1S/C16H16ClN3/c1-11-4-12(8-19-7-11)9-20-10-13(6-18)15-3-2-14(17)5-16(15)20/h2-5,7-8,10H,6,9,18H2,1H3. The average Bonchev–Trinajstić information content (AvgIpc) is 2.76. The van der Waals surface area contributed by atoms with Crippen LogP contribution >= 0.6 is 11.6 Å². The first kappa shape index (κ1) is 13.2. The molecule has 0 amide bonds. The monoisotopic (exact) mass is 285 g/mol. The molecule has 0 aliphatic heterocycles. The molecule has 0 atom stereocenters. The lowest BCUT2D eigenvalue weighted by Gasteiger charge is -2.06. The summed E-state index contributed by atoms with van der Waals surface area (Å²) in [5.74, 6) is 0. The van der Waals surface area contributed by atoms with Crippen molar-refractivity contribution in [2.75, 3.05) is 0 Å². The van der Waals surface area contributed by atoms with E-state index in [1.165, 1.54) is 5.56 Å². The smallest absolute Gasteiger partial charge is 0.0501 e. The summed E-state index contributed by atoms with van der Waals surface area (Å²) >= 11 is 6.11. The zero-order valence-corrected chi connectivity index (χ0v) is 12.1. The van der Waals surface area contributed by atoms with Crippen molar-refractivity contribution in [1.29, 1.82) is 0 Å². The Bertz CT molecular complexity index is 762. The van der Waals surface area contributed by atoms with E-state index in [4.69, 9.17) is 17.3 Å². The van der Waals surface area contributed by atoms with E-state index in [-0.39, 0.29) is 0 Å². The lowest BCUT2D eigenvalue weighted by atomic mass is 10.2. The molecular weight excluding hydrogens is 270 g/mol. The Morgan fingerprint density at radius 1 is 1.25 bits per heavy atom. The van der Waals surface area contributed by atoms with Crippen LogP contribution in [0.4, 0.5) is 0 Å². The summed E-state index contributed by atoms with van der Waals surface area (Å²) < 4.78 is 2.18. The summed E-state index contributed by atoms with van der Waals surface area (Å²) in [7, 11) is 0. The van der Waals surface area contributed by atoms with Gasteiger partial charge in [-0.1, -0.05) is 23.7 Å². The highest BCUT2D eigenvalue weighted by atomic mass is 35.5. The van der Waals surface area contributed by atoms with Crippen molar-refractivity contribution in [2.45, 2.75) is 20.0 Å². The van der Waals surface area contributed by atoms with Gasteiger partial charge in [-0.15, -0.1) is 0 Å². The van der Waals surface area contributed by atoms with E-state index in [1.807, 2.05) is 37.5 Å². The van der Waals surface area contributed by atoms with Crippen LogP contribution in [0.1, 0.15) is 16.7 Å². The summed E-state index contributed by atoms with van der Waals surface area (Å²) in [6.07, 6.45) is 5.86. The summed E-state index contributed by atoms with van der Waals surface area (Å²) in [5.41, 5.74) is 10.4. The Hall–Kier alpha value is -1.84. The molecule has 3 nitrogen and oxygen atoms in total. The number of aryl methyl sites for hydroxylation is 1. The van der Waals surface area contributed by atoms with E-state index < -0.39 is 0 Å².